The van der Waals surface area contributed by atoms with Crippen molar-refractivity contribution in [2.45, 2.75) is 44.6 Å². The first kappa shape index (κ1) is 10.7. The van der Waals surface area contributed by atoms with Gasteiger partial charge in [0.05, 0.1) is 0 Å². The van der Waals surface area contributed by atoms with Gasteiger partial charge in [-0.25, -0.2) is 0 Å². The van der Waals surface area contributed by atoms with Crippen molar-refractivity contribution >= 4 is 5.91 Å². The van der Waals surface area contributed by atoms with E-state index in [1.807, 2.05) is 0 Å². The Labute approximate surface area is 91.1 Å². The van der Waals surface area contributed by atoms with E-state index in [0.29, 0.717) is 19.0 Å². The molecule has 1 amide bonds. The fraction of sp³-hybridized carbons (Fsp3) is 0.750. The Bertz CT molecular complexity index is 255. The molecule has 2 aliphatic rings. The van der Waals surface area contributed by atoms with Gasteiger partial charge in [0.1, 0.15) is 0 Å². The first-order valence-electron chi connectivity index (χ1n) is 5.89. The molecule has 0 aromatic carbocycles. The molecule has 0 aromatic rings. The quantitative estimate of drug-likeness (QED) is 0.685. The Kier molecular flexibility index (Phi) is 3.10. The van der Waals surface area contributed by atoms with Crippen molar-refractivity contribution in [1.29, 1.82) is 0 Å². The first-order valence-corrected chi connectivity index (χ1v) is 5.89. The summed E-state index contributed by atoms with van der Waals surface area (Å²) in [6.45, 7) is 0.656. The van der Waals surface area contributed by atoms with Crippen molar-refractivity contribution in [3.05, 3.63) is 12.2 Å². The zero-order chi connectivity index (χ0) is 10.7. The molecular weight excluding hydrogens is 188 g/mol. The average molecular weight is 208 g/mol. The molecule has 3 nitrogen and oxygen atoms in total. The van der Waals surface area contributed by atoms with Crippen LogP contribution in [0.5, 0.6) is 0 Å². The molecule has 15 heavy (non-hydrogen) atoms. The summed E-state index contributed by atoms with van der Waals surface area (Å²) in [7, 11) is 0. The summed E-state index contributed by atoms with van der Waals surface area (Å²) in [5.41, 5.74) is 5.87. The van der Waals surface area contributed by atoms with E-state index in [1.54, 1.807) is 0 Å². The molecule has 0 spiro atoms. The van der Waals surface area contributed by atoms with Crippen LogP contribution in [0.2, 0.25) is 0 Å². The highest BCUT2D eigenvalue weighted by Crippen LogP contribution is 2.42. The minimum absolute atomic E-state index is 0.135. The molecule has 0 aliphatic heterocycles. The van der Waals surface area contributed by atoms with E-state index in [1.165, 1.54) is 6.42 Å². The summed E-state index contributed by atoms with van der Waals surface area (Å²) in [6, 6.07) is 0.340. The molecule has 0 bridgehead atoms. The van der Waals surface area contributed by atoms with E-state index < -0.39 is 0 Å². The minimum Gasteiger partial charge on any atom is -0.353 e. The van der Waals surface area contributed by atoms with Crippen LogP contribution in [0.25, 0.3) is 0 Å². The molecule has 1 fully saturated rings. The van der Waals surface area contributed by atoms with Gasteiger partial charge in [-0.3, -0.25) is 4.79 Å². The van der Waals surface area contributed by atoms with Gasteiger partial charge in [0.25, 0.3) is 0 Å². The number of carbonyl (C=O) groups is 1. The smallest absolute Gasteiger partial charge is 0.220 e. The molecule has 3 heteroatoms. The third-order valence-electron chi connectivity index (χ3n) is 3.76. The van der Waals surface area contributed by atoms with Crippen LogP contribution < -0.4 is 11.1 Å². The van der Waals surface area contributed by atoms with E-state index in [2.05, 4.69) is 17.5 Å². The van der Waals surface area contributed by atoms with Gasteiger partial charge in [-0.2, -0.15) is 0 Å². The molecule has 84 valence electrons. The number of nitrogens with two attached hydrogens (primary N) is 1. The molecular formula is C12H20N2O. The molecule has 0 unspecified atom stereocenters. The third kappa shape index (κ3) is 2.40. The second-order valence-electron chi connectivity index (χ2n) is 4.94. The number of hydrogen-bond acceptors (Lipinski definition) is 2. The Morgan fingerprint density at radius 3 is 2.53 bits per heavy atom. The fourth-order valence-corrected chi connectivity index (χ4v) is 2.48. The SMILES string of the molecule is NCC1(CC(=O)NC2CC=CC2)CCC1. The fourth-order valence-electron chi connectivity index (χ4n) is 2.48. The summed E-state index contributed by atoms with van der Waals surface area (Å²) in [5, 5.41) is 3.08. The highest BCUT2D eigenvalue weighted by Gasteiger charge is 2.37. The molecule has 2 rings (SSSR count). The number of nitrogens with one attached hydrogen (secondary N) is 1. The summed E-state index contributed by atoms with van der Waals surface area (Å²) in [6.07, 6.45) is 10.3. The zero-order valence-corrected chi connectivity index (χ0v) is 9.17. The van der Waals surface area contributed by atoms with Gasteiger partial charge in [-0.1, -0.05) is 18.6 Å². The maximum absolute atomic E-state index is 11.8. The molecule has 0 aromatic heterocycles. The van der Waals surface area contributed by atoms with Crippen molar-refractivity contribution in [2.24, 2.45) is 11.1 Å². The van der Waals surface area contributed by atoms with Gasteiger partial charge in [-0.05, 0) is 37.6 Å². The van der Waals surface area contributed by atoms with Gasteiger partial charge in [0.15, 0.2) is 0 Å². The lowest BCUT2D eigenvalue weighted by atomic mass is 9.66. The number of carbonyl (C=O) groups excluding carboxylic acids is 1. The van der Waals surface area contributed by atoms with Gasteiger partial charge in [0.2, 0.25) is 5.91 Å². The number of amides is 1. The lowest BCUT2D eigenvalue weighted by molar-refractivity contribution is -0.125. The van der Waals surface area contributed by atoms with Gasteiger partial charge >= 0.3 is 0 Å². The van der Waals surface area contributed by atoms with E-state index in [-0.39, 0.29) is 11.3 Å². The van der Waals surface area contributed by atoms with Crippen LogP contribution in [-0.2, 0) is 4.79 Å². The van der Waals surface area contributed by atoms with Crippen molar-refractivity contribution in [3.63, 3.8) is 0 Å². The second-order valence-corrected chi connectivity index (χ2v) is 4.94. The van der Waals surface area contributed by atoms with Crippen molar-refractivity contribution in [3.8, 4) is 0 Å². The van der Waals surface area contributed by atoms with E-state index in [9.17, 15) is 4.79 Å². The standard InChI is InChI=1S/C12H20N2O/c13-9-12(6-3-7-12)8-11(15)14-10-4-1-2-5-10/h1-2,10H,3-9,13H2,(H,14,15). The van der Waals surface area contributed by atoms with Crippen molar-refractivity contribution in [2.75, 3.05) is 6.54 Å². The summed E-state index contributed by atoms with van der Waals surface area (Å²) < 4.78 is 0. The van der Waals surface area contributed by atoms with Crippen LogP contribution in [0.1, 0.15) is 38.5 Å². The Hall–Kier alpha value is -0.830. The molecule has 2 aliphatic carbocycles. The largest absolute Gasteiger partial charge is 0.353 e. The molecule has 1 saturated carbocycles. The predicted octanol–water partition coefficient (Wildman–Crippen LogP) is 1.34. The summed E-state index contributed by atoms with van der Waals surface area (Å²) in [5.74, 6) is 0.189. The van der Waals surface area contributed by atoms with Crippen LogP contribution in [0.4, 0.5) is 0 Å². The number of rotatable bonds is 4. The highest BCUT2D eigenvalue weighted by atomic mass is 16.1. The Balaban J connectivity index is 1.76. The highest BCUT2D eigenvalue weighted by molar-refractivity contribution is 5.77. The zero-order valence-electron chi connectivity index (χ0n) is 9.17. The van der Waals surface area contributed by atoms with Crippen LogP contribution in [0.3, 0.4) is 0 Å². The Morgan fingerprint density at radius 2 is 2.07 bits per heavy atom. The summed E-state index contributed by atoms with van der Waals surface area (Å²) >= 11 is 0. The number of hydrogen-bond donors (Lipinski definition) is 2. The topological polar surface area (TPSA) is 55.1 Å². The van der Waals surface area contributed by atoms with Crippen LogP contribution in [0, 0.1) is 5.41 Å². The van der Waals surface area contributed by atoms with Crippen molar-refractivity contribution < 1.29 is 4.79 Å². The Morgan fingerprint density at radius 1 is 1.40 bits per heavy atom. The van der Waals surface area contributed by atoms with E-state index in [0.717, 1.165) is 25.7 Å². The monoisotopic (exact) mass is 208 g/mol. The molecule has 0 radical (unpaired) electrons. The lowest BCUT2D eigenvalue weighted by Crippen LogP contribution is -2.43. The molecule has 0 atom stereocenters. The minimum atomic E-state index is 0.135. The molecule has 0 heterocycles. The van der Waals surface area contributed by atoms with E-state index >= 15 is 0 Å². The molecule has 3 N–H and O–H groups in total. The van der Waals surface area contributed by atoms with Crippen LogP contribution >= 0.6 is 0 Å². The van der Waals surface area contributed by atoms with Gasteiger partial charge in [-0.15, -0.1) is 0 Å². The second kappa shape index (κ2) is 4.35. The predicted molar refractivity (Wildman–Crippen MR) is 60.3 cm³/mol. The van der Waals surface area contributed by atoms with Crippen LogP contribution in [-0.4, -0.2) is 18.5 Å². The van der Waals surface area contributed by atoms with Gasteiger partial charge in [0, 0.05) is 12.5 Å². The maximum Gasteiger partial charge on any atom is 0.220 e. The van der Waals surface area contributed by atoms with Crippen LogP contribution in [0.15, 0.2) is 12.2 Å². The maximum atomic E-state index is 11.8. The first-order chi connectivity index (χ1) is 7.24. The van der Waals surface area contributed by atoms with E-state index in [4.69, 9.17) is 5.73 Å². The average Bonchev–Trinajstić information content (AvgIpc) is 2.64. The third-order valence-corrected chi connectivity index (χ3v) is 3.76. The summed E-state index contributed by atoms with van der Waals surface area (Å²) in [4.78, 5) is 11.8. The lowest BCUT2D eigenvalue weighted by Gasteiger charge is -2.40. The van der Waals surface area contributed by atoms with Gasteiger partial charge < -0.3 is 11.1 Å². The molecule has 0 saturated heterocycles. The normalized spacial score (nSPS) is 23.8. The van der Waals surface area contributed by atoms with Crippen molar-refractivity contribution in [1.82, 2.24) is 5.32 Å².